The highest BCUT2D eigenvalue weighted by atomic mass is 16.6. The van der Waals surface area contributed by atoms with Gasteiger partial charge in [0.25, 0.3) is 5.69 Å². The zero-order chi connectivity index (χ0) is 11.5. The van der Waals surface area contributed by atoms with E-state index in [0.717, 1.165) is 11.1 Å². The molecule has 0 radical (unpaired) electrons. The van der Waals surface area contributed by atoms with E-state index in [2.05, 4.69) is 0 Å². The van der Waals surface area contributed by atoms with Crippen LogP contribution in [0.3, 0.4) is 0 Å². The summed E-state index contributed by atoms with van der Waals surface area (Å²) in [6, 6.07) is 13.0. The van der Waals surface area contributed by atoms with Gasteiger partial charge < -0.3 is 5.11 Å². The minimum atomic E-state index is -0.438. The van der Waals surface area contributed by atoms with E-state index in [1.54, 1.807) is 30.3 Å². The fourth-order valence-corrected chi connectivity index (χ4v) is 1.46. The highest BCUT2D eigenvalue weighted by Crippen LogP contribution is 2.24. The zero-order valence-corrected chi connectivity index (χ0v) is 8.33. The lowest BCUT2D eigenvalue weighted by Gasteiger charge is -2.01. The molecule has 2 aromatic rings. The average Bonchev–Trinajstić information content (AvgIpc) is 2.29. The van der Waals surface area contributed by atoms with Crippen molar-refractivity contribution in [1.82, 2.24) is 0 Å². The summed E-state index contributed by atoms with van der Waals surface area (Å²) in [5.41, 5.74) is 1.72. The second kappa shape index (κ2) is 4.02. The number of nitrogens with zero attached hydrogens (tertiary/aromatic N) is 1. The molecular weight excluding hydrogens is 206 g/mol. The van der Waals surface area contributed by atoms with E-state index < -0.39 is 4.92 Å². The van der Waals surface area contributed by atoms with E-state index in [4.69, 9.17) is 0 Å². The zero-order valence-electron chi connectivity index (χ0n) is 8.33. The number of aromatic hydroxyl groups is 1. The minimum absolute atomic E-state index is 0.0592. The maximum Gasteiger partial charge on any atom is 0.269 e. The predicted octanol–water partition coefficient (Wildman–Crippen LogP) is 2.97. The summed E-state index contributed by atoms with van der Waals surface area (Å²) in [5.74, 6) is 0.177. The van der Waals surface area contributed by atoms with Gasteiger partial charge in [-0.05, 0) is 35.4 Å². The van der Waals surface area contributed by atoms with Crippen molar-refractivity contribution in [3.63, 3.8) is 0 Å². The number of hydrogen-bond acceptors (Lipinski definition) is 3. The molecule has 0 aliphatic rings. The summed E-state index contributed by atoms with van der Waals surface area (Å²) in [6.45, 7) is 0. The number of phenolic OH excluding ortho intramolecular Hbond substituents is 1. The molecule has 0 saturated carbocycles. The third-order valence-corrected chi connectivity index (χ3v) is 2.26. The van der Waals surface area contributed by atoms with Crippen molar-refractivity contribution in [1.29, 1.82) is 0 Å². The molecule has 0 aliphatic heterocycles. The molecule has 2 rings (SSSR count). The maximum absolute atomic E-state index is 10.5. The largest absolute Gasteiger partial charge is 0.508 e. The Morgan fingerprint density at radius 2 is 1.69 bits per heavy atom. The first-order valence-electron chi connectivity index (χ1n) is 4.71. The molecule has 0 aromatic heterocycles. The number of nitro groups is 1. The Bertz CT molecular complexity index is 520. The summed E-state index contributed by atoms with van der Waals surface area (Å²) < 4.78 is 0. The van der Waals surface area contributed by atoms with Crippen molar-refractivity contribution in [3.05, 3.63) is 58.6 Å². The molecule has 0 aliphatic carbocycles. The highest BCUT2D eigenvalue weighted by molar-refractivity contribution is 5.66. The fourth-order valence-electron chi connectivity index (χ4n) is 1.46. The molecular formula is C12H9NO3. The van der Waals surface area contributed by atoms with Crippen LogP contribution in [0.2, 0.25) is 0 Å². The molecule has 0 heterocycles. The van der Waals surface area contributed by atoms with Crippen LogP contribution in [0, 0.1) is 10.1 Å². The monoisotopic (exact) mass is 215 g/mol. The first-order chi connectivity index (χ1) is 7.66. The average molecular weight is 215 g/mol. The lowest BCUT2D eigenvalue weighted by molar-refractivity contribution is -0.384. The Labute approximate surface area is 91.9 Å². The molecule has 0 unspecified atom stereocenters. The van der Waals surface area contributed by atoms with Crippen molar-refractivity contribution in [2.75, 3.05) is 0 Å². The Morgan fingerprint density at radius 1 is 1.00 bits per heavy atom. The second-order valence-corrected chi connectivity index (χ2v) is 3.35. The van der Waals surface area contributed by atoms with Crippen molar-refractivity contribution in [3.8, 4) is 16.9 Å². The van der Waals surface area contributed by atoms with Gasteiger partial charge in [-0.2, -0.15) is 0 Å². The van der Waals surface area contributed by atoms with E-state index in [9.17, 15) is 15.2 Å². The topological polar surface area (TPSA) is 63.4 Å². The molecule has 1 N–H and O–H groups in total. The quantitative estimate of drug-likeness (QED) is 0.618. The maximum atomic E-state index is 10.5. The number of nitro benzene ring substituents is 1. The van der Waals surface area contributed by atoms with Crippen molar-refractivity contribution >= 4 is 5.69 Å². The third-order valence-electron chi connectivity index (χ3n) is 2.26. The molecule has 16 heavy (non-hydrogen) atoms. The molecule has 0 atom stereocenters. The molecule has 4 heteroatoms. The fraction of sp³-hybridized carbons (Fsp3) is 0. The molecule has 0 amide bonds. The Kier molecular flexibility index (Phi) is 2.55. The number of rotatable bonds is 2. The van der Waals surface area contributed by atoms with Crippen LogP contribution in [0.5, 0.6) is 5.75 Å². The summed E-state index contributed by atoms with van der Waals surface area (Å²) >= 11 is 0. The van der Waals surface area contributed by atoms with Crippen molar-refractivity contribution in [2.24, 2.45) is 0 Å². The third kappa shape index (κ3) is 2.00. The Morgan fingerprint density at radius 3 is 2.25 bits per heavy atom. The highest BCUT2D eigenvalue weighted by Gasteiger charge is 2.05. The number of non-ortho nitro benzene ring substituents is 1. The number of benzene rings is 2. The molecule has 0 fully saturated rings. The van der Waals surface area contributed by atoms with Gasteiger partial charge in [0.1, 0.15) is 5.75 Å². The smallest absolute Gasteiger partial charge is 0.269 e. The van der Waals surface area contributed by atoms with E-state index in [-0.39, 0.29) is 11.4 Å². The van der Waals surface area contributed by atoms with Crippen LogP contribution in [0.1, 0.15) is 0 Å². The molecule has 0 saturated heterocycles. The molecule has 2 aromatic carbocycles. The standard InChI is InChI=1S/C12H9NO3/c14-12-3-1-2-10(8-12)9-4-6-11(7-5-9)13(15)16/h1-8,14H. The molecule has 0 bridgehead atoms. The van der Waals surface area contributed by atoms with Gasteiger partial charge in [0, 0.05) is 12.1 Å². The Balaban J connectivity index is 2.38. The van der Waals surface area contributed by atoms with Gasteiger partial charge in [-0.15, -0.1) is 0 Å². The van der Waals surface area contributed by atoms with Gasteiger partial charge in [-0.3, -0.25) is 10.1 Å². The van der Waals surface area contributed by atoms with Crippen LogP contribution in [-0.2, 0) is 0 Å². The minimum Gasteiger partial charge on any atom is -0.508 e. The first kappa shape index (κ1) is 10.2. The van der Waals surface area contributed by atoms with Crippen LogP contribution in [0.4, 0.5) is 5.69 Å². The summed E-state index contributed by atoms with van der Waals surface area (Å²) in [6.07, 6.45) is 0. The van der Waals surface area contributed by atoms with Crippen LogP contribution in [0.15, 0.2) is 48.5 Å². The Hall–Kier alpha value is -2.36. The summed E-state index contributed by atoms with van der Waals surface area (Å²) in [4.78, 5) is 10.0. The van der Waals surface area contributed by atoms with Crippen LogP contribution >= 0.6 is 0 Å². The molecule has 80 valence electrons. The van der Waals surface area contributed by atoms with Crippen LogP contribution < -0.4 is 0 Å². The van der Waals surface area contributed by atoms with Crippen molar-refractivity contribution in [2.45, 2.75) is 0 Å². The van der Waals surface area contributed by atoms with Crippen LogP contribution in [-0.4, -0.2) is 10.0 Å². The first-order valence-corrected chi connectivity index (χ1v) is 4.71. The lowest BCUT2D eigenvalue weighted by atomic mass is 10.1. The van der Waals surface area contributed by atoms with E-state index in [0.29, 0.717) is 0 Å². The van der Waals surface area contributed by atoms with Gasteiger partial charge in [-0.1, -0.05) is 12.1 Å². The van der Waals surface area contributed by atoms with Gasteiger partial charge in [0.2, 0.25) is 0 Å². The van der Waals surface area contributed by atoms with Gasteiger partial charge in [-0.25, -0.2) is 0 Å². The van der Waals surface area contributed by atoms with E-state index in [1.165, 1.54) is 12.1 Å². The normalized spacial score (nSPS) is 10.0. The van der Waals surface area contributed by atoms with E-state index in [1.807, 2.05) is 6.07 Å². The SMILES string of the molecule is O=[N+]([O-])c1ccc(-c2cccc(O)c2)cc1. The summed E-state index contributed by atoms with van der Waals surface area (Å²) in [7, 11) is 0. The van der Waals surface area contributed by atoms with Gasteiger partial charge in [0.15, 0.2) is 0 Å². The number of phenols is 1. The second-order valence-electron chi connectivity index (χ2n) is 3.35. The van der Waals surface area contributed by atoms with E-state index >= 15 is 0 Å². The molecule has 4 nitrogen and oxygen atoms in total. The predicted molar refractivity (Wildman–Crippen MR) is 60.2 cm³/mol. The van der Waals surface area contributed by atoms with Gasteiger partial charge >= 0.3 is 0 Å². The van der Waals surface area contributed by atoms with Gasteiger partial charge in [0.05, 0.1) is 4.92 Å². The molecule has 0 spiro atoms. The van der Waals surface area contributed by atoms with Crippen LogP contribution in [0.25, 0.3) is 11.1 Å². The lowest BCUT2D eigenvalue weighted by Crippen LogP contribution is -1.87. The van der Waals surface area contributed by atoms with Crippen molar-refractivity contribution < 1.29 is 10.0 Å². The summed E-state index contributed by atoms with van der Waals surface area (Å²) in [5, 5.41) is 19.8. The number of hydrogen-bond donors (Lipinski definition) is 1.